The Labute approximate surface area is 94.0 Å². The second-order valence-corrected chi connectivity index (χ2v) is 29.5. The molecule has 0 amide bonds. The zero-order chi connectivity index (χ0) is 7.44. The van der Waals surface area contributed by atoms with E-state index in [2.05, 4.69) is 44.6 Å². The molecule has 62 valence electrons. The fraction of sp³-hybridized carbons (Fsp3) is 0. The van der Waals surface area contributed by atoms with Crippen LogP contribution in [0.2, 0.25) is 0 Å². The Kier molecular flexibility index (Phi) is 17.1. The minimum Gasteiger partial charge on any atom is -0.553 e. The van der Waals surface area contributed by atoms with E-state index in [-0.39, 0.29) is 42.0 Å². The van der Waals surface area contributed by atoms with Gasteiger partial charge in [0.05, 0.1) is 0 Å². The molecule has 0 aliphatic heterocycles. The van der Waals surface area contributed by atoms with Crippen molar-refractivity contribution in [3.63, 3.8) is 0 Å². The van der Waals surface area contributed by atoms with Crippen molar-refractivity contribution in [1.82, 2.24) is 0 Å². The van der Waals surface area contributed by atoms with E-state index in [1.807, 2.05) is 0 Å². The standard InChI is InChI=1S/H7P9.W/c1-7(2)6-9(5)8(3)4;/h1-4,6H,5H2;/q-4;. The molecule has 0 bridgehead atoms. The average Bonchev–Trinajstić information content (AvgIpc) is 1.63. The van der Waals surface area contributed by atoms with Crippen LogP contribution in [0.25, 0.3) is 0 Å². The molecule has 0 rings (SSSR count). The van der Waals surface area contributed by atoms with Crippen LogP contribution in [-0.2, 0) is 21.1 Å². The minimum absolute atomic E-state index is 0. The van der Waals surface area contributed by atoms with E-state index in [0.29, 0.717) is 0 Å². The molecular weight excluding hydrogens is 463 g/mol. The van der Waals surface area contributed by atoms with Crippen LogP contribution in [0, 0.1) is 0 Å². The maximum atomic E-state index is 3.58. The van der Waals surface area contributed by atoms with Gasteiger partial charge in [0, 0.05) is 21.1 Å². The van der Waals surface area contributed by atoms with Crippen molar-refractivity contribution < 1.29 is 21.1 Å². The second kappa shape index (κ2) is 10.1. The molecule has 10 heavy (non-hydrogen) atoms. The molecular formula is H7P9W-4. The minimum atomic E-state index is -0.0890. The van der Waals surface area contributed by atoms with Crippen molar-refractivity contribution in [1.29, 1.82) is 0 Å². The first kappa shape index (κ1) is 17.0. The molecule has 3 atom stereocenters. The maximum Gasteiger partial charge on any atom is 0 e. The van der Waals surface area contributed by atoms with Gasteiger partial charge in [0.1, 0.15) is 0 Å². The van der Waals surface area contributed by atoms with E-state index >= 15 is 0 Å². The zero-order valence-corrected chi connectivity index (χ0v) is 16.6. The smallest absolute Gasteiger partial charge is 0 e. The molecule has 0 fully saturated rings. The predicted molar refractivity (Wildman–Crippen MR) is 72.0 cm³/mol. The van der Waals surface area contributed by atoms with Crippen molar-refractivity contribution in [3.8, 4) is 0 Å². The van der Waals surface area contributed by atoms with E-state index in [0.717, 1.165) is 7.96 Å². The molecule has 3 unspecified atom stereocenters. The van der Waals surface area contributed by atoms with Gasteiger partial charge in [-0.3, -0.25) is 0 Å². The summed E-state index contributed by atoms with van der Waals surface area (Å²) in [6, 6.07) is 0. The third kappa shape index (κ3) is 10.6. The van der Waals surface area contributed by atoms with Crippen molar-refractivity contribution >= 4 is 73.6 Å². The molecule has 0 heterocycles. The van der Waals surface area contributed by atoms with Crippen LogP contribution in [0.4, 0.5) is 0 Å². The van der Waals surface area contributed by atoms with E-state index in [9.17, 15) is 0 Å². The van der Waals surface area contributed by atoms with E-state index < -0.39 is 0 Å². The Morgan fingerprint density at radius 1 is 1.10 bits per heavy atom. The summed E-state index contributed by atoms with van der Waals surface area (Å²) in [6.07, 6.45) is 0. The third-order valence-corrected chi connectivity index (χ3v) is 33.9. The van der Waals surface area contributed by atoms with Gasteiger partial charge in [-0.2, -0.15) is 0 Å². The molecule has 0 aromatic rings. The Hall–Kier alpha value is 4.56. The Bertz CT molecular complexity index is 67.1. The summed E-state index contributed by atoms with van der Waals surface area (Å²) in [6.45, 7) is -0.0715. The van der Waals surface area contributed by atoms with Gasteiger partial charge in [-0.15, -0.1) is 23.9 Å². The molecule has 0 aliphatic rings. The van der Waals surface area contributed by atoms with Crippen LogP contribution in [0.3, 0.4) is 0 Å². The van der Waals surface area contributed by atoms with Gasteiger partial charge in [0.25, 0.3) is 0 Å². The van der Waals surface area contributed by atoms with E-state index in [1.165, 1.54) is 0 Å². The van der Waals surface area contributed by atoms with Crippen molar-refractivity contribution in [3.05, 3.63) is 0 Å². The summed E-state index contributed by atoms with van der Waals surface area (Å²) in [4.78, 5) is 0. The third-order valence-electron chi connectivity index (χ3n) is 0.418. The monoisotopic (exact) mass is 470 g/mol. The number of hydrogen-bond acceptors (Lipinski definition) is 0. The molecule has 0 aliphatic carbocycles. The molecule has 10 heteroatoms. The molecule has 0 spiro atoms. The first-order chi connectivity index (χ1) is 4.04. The summed E-state index contributed by atoms with van der Waals surface area (Å²) in [7, 11) is 18.1. The largest absolute Gasteiger partial charge is 0.553 e. The summed E-state index contributed by atoms with van der Waals surface area (Å²) >= 11 is 0. The fourth-order valence-corrected chi connectivity index (χ4v) is 35.8. The van der Waals surface area contributed by atoms with Gasteiger partial charge in [0.2, 0.25) is 0 Å². The van der Waals surface area contributed by atoms with Gasteiger partial charge in [-0.25, -0.2) is 0 Å². The summed E-state index contributed by atoms with van der Waals surface area (Å²) in [5, 5.41) is 0. The second-order valence-electron chi connectivity index (χ2n) is 1.09. The molecule has 0 aromatic carbocycles. The van der Waals surface area contributed by atoms with Crippen molar-refractivity contribution in [2.75, 3.05) is 0 Å². The first-order valence-electron chi connectivity index (χ1n) is 1.80. The van der Waals surface area contributed by atoms with Crippen molar-refractivity contribution in [2.24, 2.45) is 0 Å². The SMILES string of the molecule is [PH-]P([PH-])PP(P)P([PH-])[PH-].[W]. The summed E-state index contributed by atoms with van der Waals surface area (Å²) < 4.78 is 0. The topological polar surface area (TPSA) is 0 Å². The maximum absolute atomic E-state index is 3.58. The fourth-order valence-electron chi connectivity index (χ4n) is 0.147. The molecule has 0 aromatic heterocycles. The average molecular weight is 470 g/mol. The molecule has 0 saturated carbocycles. The first-order valence-corrected chi connectivity index (χ1v) is 16.2. The van der Waals surface area contributed by atoms with Crippen molar-refractivity contribution in [2.45, 2.75) is 0 Å². The molecule has 0 N–H and O–H groups in total. The van der Waals surface area contributed by atoms with Crippen LogP contribution in [0.5, 0.6) is 0 Å². The quantitative estimate of drug-likeness (QED) is 0.453. The summed E-state index contributed by atoms with van der Waals surface area (Å²) in [5.41, 5.74) is 0. The van der Waals surface area contributed by atoms with Gasteiger partial charge in [-0.1, -0.05) is 0 Å². The van der Waals surface area contributed by atoms with Gasteiger partial charge in [-0.05, 0) is 0 Å². The van der Waals surface area contributed by atoms with Crippen LogP contribution in [0.1, 0.15) is 0 Å². The van der Waals surface area contributed by atoms with Gasteiger partial charge in [0.15, 0.2) is 0 Å². The number of rotatable bonds is 3. The normalized spacial score (nSPS) is 14.7. The van der Waals surface area contributed by atoms with Gasteiger partial charge >= 0.3 is 0 Å². The van der Waals surface area contributed by atoms with Gasteiger partial charge < -0.3 is 49.7 Å². The van der Waals surface area contributed by atoms with Crippen LogP contribution in [-0.4, -0.2) is 0 Å². The number of hydrogen-bond donors (Lipinski definition) is 0. The Morgan fingerprint density at radius 3 is 1.60 bits per heavy atom. The van der Waals surface area contributed by atoms with Crippen LogP contribution >= 0.6 is 73.6 Å². The molecule has 0 radical (unpaired) electrons. The van der Waals surface area contributed by atoms with Crippen LogP contribution < -0.4 is 0 Å². The predicted octanol–water partition coefficient (Wildman–Crippen LogP) is 5.87. The van der Waals surface area contributed by atoms with E-state index in [1.54, 1.807) is 0 Å². The van der Waals surface area contributed by atoms with E-state index in [4.69, 9.17) is 0 Å². The zero-order valence-electron chi connectivity index (χ0n) is 4.83. The molecule has 0 saturated heterocycles. The Balaban J connectivity index is 0. The van der Waals surface area contributed by atoms with Crippen LogP contribution in [0.15, 0.2) is 0 Å². The Morgan fingerprint density at radius 2 is 1.50 bits per heavy atom. The summed E-state index contributed by atoms with van der Waals surface area (Å²) in [5.74, 6) is 0. The molecule has 0 nitrogen and oxygen atoms in total.